The number of benzene rings is 2. The molecule has 0 unspecified atom stereocenters. The van der Waals surface area contributed by atoms with Gasteiger partial charge in [0.05, 0.1) is 41.4 Å². The Bertz CT molecular complexity index is 1290. The Morgan fingerprint density at radius 1 is 1.17 bits per heavy atom. The number of hydrogen-bond donors (Lipinski definition) is 6. The van der Waals surface area contributed by atoms with Gasteiger partial charge in [0.15, 0.2) is 11.6 Å². The molecule has 4 rings (SSSR count). The molecule has 3 aromatic rings. The van der Waals surface area contributed by atoms with Gasteiger partial charge in [-0.15, -0.1) is 10.8 Å². The molecule has 0 saturated carbocycles. The first-order valence-corrected chi connectivity index (χ1v) is 15.7. The first-order chi connectivity index (χ1) is 19.7. The van der Waals surface area contributed by atoms with E-state index in [2.05, 4.69) is 21.1 Å². The summed E-state index contributed by atoms with van der Waals surface area (Å²) < 4.78 is 43.8. The number of anilines is 2. The van der Waals surface area contributed by atoms with Gasteiger partial charge in [-0.25, -0.2) is 4.39 Å². The summed E-state index contributed by atoms with van der Waals surface area (Å²) in [6, 6.07) is 13.4. The molecule has 0 bridgehead atoms. The molecule has 1 saturated heterocycles. The molecule has 1 fully saturated rings. The maximum atomic E-state index is 15.9. The van der Waals surface area contributed by atoms with E-state index >= 15 is 4.39 Å². The fraction of sp³-hybridized carbons (Fsp3) is 0.448. The van der Waals surface area contributed by atoms with Crippen LogP contribution in [-0.4, -0.2) is 62.8 Å². The van der Waals surface area contributed by atoms with Gasteiger partial charge in [0.1, 0.15) is 0 Å². The number of carbonyl (C=O) groups excluding carboxylic acids is 1. The van der Waals surface area contributed by atoms with E-state index < -0.39 is 34.6 Å². The van der Waals surface area contributed by atoms with Crippen LogP contribution >= 0.6 is 10.8 Å². The number of carbonyl (C=O) groups is 1. The fourth-order valence-corrected chi connectivity index (χ4v) is 6.52. The highest BCUT2D eigenvalue weighted by Crippen LogP contribution is 2.51. The normalized spacial score (nSPS) is 17.1. The second kappa shape index (κ2) is 14.1. The van der Waals surface area contributed by atoms with Crippen molar-refractivity contribution in [2.24, 2.45) is 0 Å². The highest BCUT2D eigenvalue weighted by molar-refractivity contribution is 8.25. The predicted molar refractivity (Wildman–Crippen MR) is 160 cm³/mol. The largest absolute Gasteiger partial charge is 0.390 e. The van der Waals surface area contributed by atoms with Crippen LogP contribution in [0, 0.1) is 5.82 Å². The average Bonchev–Trinajstić information content (AvgIpc) is 3.42. The van der Waals surface area contributed by atoms with E-state index in [1.165, 1.54) is 16.4 Å². The van der Waals surface area contributed by atoms with Crippen LogP contribution in [0.15, 0.2) is 53.1 Å². The standard InChI is InChI=1S/C29H40FN5O5S/c1-3-21-15-23(40-34-21)18-31-19-27(36)25(14-20-10-6-5-7-11-20)33-29(37)24-16-22(32-4-2)17-26(28(24)30)35-12-8-9-13-41(35,38)39/h5-7,10-11,15-17,25,27,31-32,36,38-39H,3-4,8-9,12-14,18-19H2,1-2H3,(H,33,37)/t25-,27-/m0/s1. The quantitative estimate of drug-likeness (QED) is 0.169. The molecule has 0 radical (unpaired) electrons. The smallest absolute Gasteiger partial charge is 0.254 e. The summed E-state index contributed by atoms with van der Waals surface area (Å²) in [5.41, 5.74) is 1.93. The van der Waals surface area contributed by atoms with Crippen molar-refractivity contribution >= 4 is 28.1 Å². The Kier molecular flexibility index (Phi) is 10.6. The molecule has 2 heterocycles. The number of nitrogens with one attached hydrogen (secondary N) is 3. The van der Waals surface area contributed by atoms with Gasteiger partial charge in [0, 0.05) is 31.4 Å². The van der Waals surface area contributed by atoms with Gasteiger partial charge in [-0.2, -0.15) is 0 Å². The molecule has 224 valence electrons. The van der Waals surface area contributed by atoms with Gasteiger partial charge in [0.25, 0.3) is 5.91 Å². The summed E-state index contributed by atoms with van der Waals surface area (Å²) in [5, 5.41) is 24.2. The molecule has 12 heteroatoms. The number of rotatable bonds is 13. The first-order valence-electron chi connectivity index (χ1n) is 14.0. The summed E-state index contributed by atoms with van der Waals surface area (Å²) >= 11 is 0. The van der Waals surface area contributed by atoms with Crippen LogP contribution in [0.25, 0.3) is 0 Å². The van der Waals surface area contributed by atoms with Crippen molar-refractivity contribution in [1.29, 1.82) is 0 Å². The predicted octanol–water partition coefficient (Wildman–Crippen LogP) is 4.57. The molecule has 1 amide bonds. The number of hydrogen-bond acceptors (Lipinski definition) is 9. The number of nitrogens with zero attached hydrogens (tertiary/aromatic N) is 2. The zero-order valence-corrected chi connectivity index (χ0v) is 24.3. The van der Waals surface area contributed by atoms with Gasteiger partial charge in [-0.05, 0) is 50.3 Å². The number of aliphatic hydroxyl groups excluding tert-OH is 1. The van der Waals surface area contributed by atoms with E-state index in [1.807, 2.05) is 50.2 Å². The zero-order valence-electron chi connectivity index (χ0n) is 23.5. The van der Waals surface area contributed by atoms with Crippen LogP contribution in [0.5, 0.6) is 0 Å². The van der Waals surface area contributed by atoms with Crippen LogP contribution in [0.1, 0.15) is 54.1 Å². The molecule has 1 aromatic heterocycles. The lowest BCUT2D eigenvalue weighted by Gasteiger charge is -2.47. The van der Waals surface area contributed by atoms with Crippen LogP contribution in [0.4, 0.5) is 15.8 Å². The third-order valence-electron chi connectivity index (χ3n) is 7.03. The Balaban J connectivity index is 1.56. The fourth-order valence-electron chi connectivity index (χ4n) is 4.84. The second-order valence-electron chi connectivity index (χ2n) is 10.1. The number of aromatic nitrogens is 1. The van der Waals surface area contributed by atoms with E-state index in [0.29, 0.717) is 43.8 Å². The van der Waals surface area contributed by atoms with Crippen LogP contribution in [0.3, 0.4) is 0 Å². The number of amides is 1. The van der Waals surface area contributed by atoms with Crippen molar-refractivity contribution in [3.8, 4) is 0 Å². The maximum Gasteiger partial charge on any atom is 0.254 e. The lowest BCUT2D eigenvalue weighted by Crippen LogP contribution is -2.49. The Morgan fingerprint density at radius 2 is 1.95 bits per heavy atom. The minimum atomic E-state index is -3.21. The second-order valence-corrected chi connectivity index (χ2v) is 12.3. The Labute approximate surface area is 241 Å². The van der Waals surface area contributed by atoms with E-state index in [-0.39, 0.29) is 30.1 Å². The van der Waals surface area contributed by atoms with Crippen LogP contribution < -0.4 is 20.3 Å². The average molecular weight is 590 g/mol. The van der Waals surface area contributed by atoms with Crippen LogP contribution in [-0.2, 0) is 19.4 Å². The first kappa shape index (κ1) is 30.8. The van der Waals surface area contributed by atoms with Crippen molar-refractivity contribution in [2.45, 2.75) is 58.2 Å². The molecule has 41 heavy (non-hydrogen) atoms. The molecule has 1 aliphatic heterocycles. The van der Waals surface area contributed by atoms with Gasteiger partial charge in [0.2, 0.25) is 0 Å². The minimum absolute atomic E-state index is 0.0337. The van der Waals surface area contributed by atoms with Gasteiger partial charge in [-0.3, -0.25) is 18.2 Å². The Morgan fingerprint density at radius 3 is 2.63 bits per heavy atom. The van der Waals surface area contributed by atoms with Gasteiger partial charge in [-0.1, -0.05) is 42.4 Å². The number of aliphatic hydroxyl groups is 1. The monoisotopic (exact) mass is 589 g/mol. The molecule has 2 atom stereocenters. The Hall–Kier alpha value is -3.16. The number of aryl methyl sites for hydroxylation is 1. The highest BCUT2D eigenvalue weighted by atomic mass is 32.3. The molecule has 0 spiro atoms. The van der Waals surface area contributed by atoms with Crippen molar-refractivity contribution < 1.29 is 27.9 Å². The van der Waals surface area contributed by atoms with Gasteiger partial charge < -0.3 is 25.6 Å². The maximum absolute atomic E-state index is 15.9. The zero-order chi connectivity index (χ0) is 29.4. The highest BCUT2D eigenvalue weighted by Gasteiger charge is 2.32. The lowest BCUT2D eigenvalue weighted by molar-refractivity contribution is 0.0825. The van der Waals surface area contributed by atoms with Crippen molar-refractivity contribution in [2.75, 3.05) is 35.0 Å². The molecule has 0 aliphatic carbocycles. The number of halogens is 1. The third-order valence-corrected chi connectivity index (χ3v) is 8.95. The van der Waals surface area contributed by atoms with Gasteiger partial charge >= 0.3 is 0 Å². The minimum Gasteiger partial charge on any atom is -0.390 e. The topological polar surface area (TPSA) is 143 Å². The van der Waals surface area contributed by atoms with Crippen molar-refractivity contribution in [3.05, 3.63) is 76.9 Å². The third kappa shape index (κ3) is 7.98. The lowest BCUT2D eigenvalue weighted by atomic mass is 10.00. The van der Waals surface area contributed by atoms with E-state index in [1.54, 1.807) is 0 Å². The van der Waals surface area contributed by atoms with Crippen molar-refractivity contribution in [1.82, 2.24) is 15.8 Å². The molecule has 10 nitrogen and oxygen atoms in total. The molecular formula is C29H40FN5O5S. The SMILES string of the molecule is CCNc1cc(C(=O)N[C@@H](Cc2ccccc2)[C@@H](O)CNCc2cc(CC)no2)c(F)c(N2CCCCS2(O)O)c1. The molecule has 1 aliphatic rings. The van der Waals surface area contributed by atoms with E-state index in [4.69, 9.17) is 4.52 Å². The summed E-state index contributed by atoms with van der Waals surface area (Å²) in [5.74, 6) is -0.767. The molecule has 2 aromatic carbocycles. The summed E-state index contributed by atoms with van der Waals surface area (Å²) in [6.07, 6.45) is 1.35. The molecular weight excluding hydrogens is 549 g/mol. The summed E-state index contributed by atoms with van der Waals surface area (Å²) in [6.45, 7) is 5.13. The van der Waals surface area contributed by atoms with Crippen LogP contribution in [0.2, 0.25) is 0 Å². The summed E-state index contributed by atoms with van der Waals surface area (Å²) in [7, 11) is -3.21. The molecule has 6 N–H and O–H groups in total. The van der Waals surface area contributed by atoms with E-state index in [0.717, 1.165) is 17.7 Å². The van der Waals surface area contributed by atoms with Crippen molar-refractivity contribution in [3.63, 3.8) is 0 Å². The summed E-state index contributed by atoms with van der Waals surface area (Å²) in [4.78, 5) is 13.6. The van der Waals surface area contributed by atoms with E-state index in [9.17, 15) is 19.0 Å².